The SMILES string of the molecule is C[Si](C)(C)OC1(C#N)CCCCCCCC=CCCCCCCC1. The van der Waals surface area contributed by atoms with Gasteiger partial charge in [-0.3, -0.25) is 0 Å². The van der Waals surface area contributed by atoms with Gasteiger partial charge in [-0.05, 0) is 71.0 Å². The number of nitriles is 1. The lowest BCUT2D eigenvalue weighted by Gasteiger charge is -2.34. The molecule has 3 heteroatoms. The van der Waals surface area contributed by atoms with E-state index < -0.39 is 13.9 Å². The van der Waals surface area contributed by atoms with Crippen LogP contribution in [0.25, 0.3) is 0 Å². The van der Waals surface area contributed by atoms with Crippen LogP contribution in [0.4, 0.5) is 0 Å². The fraction of sp³-hybridized carbons (Fsp3) is 0.857. The molecule has 0 aromatic rings. The topological polar surface area (TPSA) is 33.0 Å². The van der Waals surface area contributed by atoms with Crippen molar-refractivity contribution in [2.45, 2.75) is 115 Å². The van der Waals surface area contributed by atoms with Gasteiger partial charge in [0.15, 0.2) is 8.32 Å². The van der Waals surface area contributed by atoms with Gasteiger partial charge in [-0.15, -0.1) is 0 Å². The van der Waals surface area contributed by atoms with Gasteiger partial charge < -0.3 is 4.43 Å². The Balaban J connectivity index is 2.59. The van der Waals surface area contributed by atoms with E-state index in [1.54, 1.807) is 0 Å². The highest BCUT2D eigenvalue weighted by molar-refractivity contribution is 6.69. The van der Waals surface area contributed by atoms with Crippen molar-refractivity contribution in [1.29, 1.82) is 5.26 Å². The molecule has 0 amide bonds. The first-order chi connectivity index (χ1) is 11.5. The second kappa shape index (κ2) is 11.9. The van der Waals surface area contributed by atoms with E-state index in [1.807, 2.05) is 0 Å². The molecule has 0 N–H and O–H groups in total. The van der Waals surface area contributed by atoms with E-state index in [1.165, 1.54) is 64.2 Å². The minimum atomic E-state index is -1.70. The Morgan fingerprint density at radius 3 is 1.58 bits per heavy atom. The highest BCUT2D eigenvalue weighted by atomic mass is 28.4. The van der Waals surface area contributed by atoms with Crippen LogP contribution in [0.15, 0.2) is 12.2 Å². The van der Waals surface area contributed by atoms with E-state index in [0.29, 0.717) is 0 Å². The van der Waals surface area contributed by atoms with Gasteiger partial charge >= 0.3 is 0 Å². The lowest BCUT2D eigenvalue weighted by molar-refractivity contribution is 0.0932. The Hall–Kier alpha value is -0.593. The van der Waals surface area contributed by atoms with Crippen molar-refractivity contribution in [2.24, 2.45) is 0 Å². The molecule has 0 spiro atoms. The zero-order valence-electron chi connectivity index (χ0n) is 16.4. The third-order valence-corrected chi connectivity index (χ3v) is 5.78. The first-order valence-electron chi connectivity index (χ1n) is 10.2. The molecule has 0 radical (unpaired) electrons. The van der Waals surface area contributed by atoms with E-state index in [-0.39, 0.29) is 0 Å². The number of hydrogen-bond donors (Lipinski definition) is 0. The van der Waals surface area contributed by atoms with Crippen molar-refractivity contribution < 1.29 is 4.43 Å². The van der Waals surface area contributed by atoms with Gasteiger partial charge in [-0.2, -0.15) is 5.26 Å². The summed E-state index contributed by atoms with van der Waals surface area (Å²) in [5.41, 5.74) is -0.514. The quantitative estimate of drug-likeness (QED) is 0.392. The van der Waals surface area contributed by atoms with Gasteiger partial charge in [0.05, 0.1) is 6.07 Å². The van der Waals surface area contributed by atoms with E-state index in [0.717, 1.165) is 25.7 Å². The Morgan fingerprint density at radius 1 is 0.750 bits per heavy atom. The second-order valence-corrected chi connectivity index (χ2v) is 12.8. The monoisotopic (exact) mass is 349 g/mol. The first kappa shape index (κ1) is 21.4. The molecule has 0 aromatic heterocycles. The molecule has 1 aliphatic carbocycles. The smallest absolute Gasteiger partial charge is 0.185 e. The fourth-order valence-electron chi connectivity index (χ4n) is 3.59. The molecule has 2 nitrogen and oxygen atoms in total. The molecule has 0 saturated carbocycles. The largest absolute Gasteiger partial charge is 0.400 e. The van der Waals surface area contributed by atoms with Crippen LogP contribution in [0.5, 0.6) is 0 Å². The minimum Gasteiger partial charge on any atom is -0.400 e. The van der Waals surface area contributed by atoms with E-state index in [9.17, 15) is 5.26 Å². The Bertz CT molecular complexity index is 372. The van der Waals surface area contributed by atoms with Crippen molar-refractivity contribution >= 4 is 8.32 Å². The van der Waals surface area contributed by atoms with Crippen LogP contribution in [0.2, 0.25) is 19.6 Å². The van der Waals surface area contributed by atoms with Crippen LogP contribution >= 0.6 is 0 Å². The number of rotatable bonds is 2. The maximum Gasteiger partial charge on any atom is 0.185 e. The summed E-state index contributed by atoms with van der Waals surface area (Å²) in [6.45, 7) is 6.63. The Kier molecular flexibility index (Phi) is 10.6. The lowest BCUT2D eigenvalue weighted by Crippen LogP contribution is -2.42. The molecule has 0 atom stereocenters. The average Bonchev–Trinajstić information content (AvgIpc) is 2.52. The summed E-state index contributed by atoms with van der Waals surface area (Å²) in [4.78, 5) is 0. The van der Waals surface area contributed by atoms with Crippen molar-refractivity contribution in [3.05, 3.63) is 12.2 Å². The van der Waals surface area contributed by atoms with Crippen LogP contribution in [0.3, 0.4) is 0 Å². The van der Waals surface area contributed by atoms with Crippen LogP contribution in [-0.2, 0) is 4.43 Å². The number of nitrogens with zero attached hydrogens (tertiary/aromatic N) is 1. The van der Waals surface area contributed by atoms with Crippen LogP contribution in [0.1, 0.15) is 89.9 Å². The molecule has 0 bridgehead atoms. The fourth-order valence-corrected chi connectivity index (χ4v) is 5.01. The molecule has 0 saturated heterocycles. The molecule has 0 fully saturated rings. The minimum absolute atomic E-state index is 0.514. The summed E-state index contributed by atoms with van der Waals surface area (Å²) < 4.78 is 6.41. The predicted molar refractivity (Wildman–Crippen MR) is 107 cm³/mol. The molecule has 138 valence electrons. The molecule has 1 rings (SSSR count). The van der Waals surface area contributed by atoms with Crippen LogP contribution in [-0.4, -0.2) is 13.9 Å². The third kappa shape index (κ3) is 10.3. The number of allylic oxidation sites excluding steroid dienone is 2. The van der Waals surface area contributed by atoms with Crippen LogP contribution in [0, 0.1) is 11.3 Å². The van der Waals surface area contributed by atoms with E-state index in [4.69, 9.17) is 4.43 Å². The normalized spacial score (nSPS) is 22.4. The summed E-state index contributed by atoms with van der Waals surface area (Å²) in [6.07, 6.45) is 21.7. The molecule has 0 aliphatic heterocycles. The average molecular weight is 350 g/mol. The van der Waals surface area contributed by atoms with Gasteiger partial charge in [0, 0.05) is 0 Å². The van der Waals surface area contributed by atoms with E-state index >= 15 is 0 Å². The summed E-state index contributed by atoms with van der Waals surface area (Å²) in [5.74, 6) is 0. The highest BCUT2D eigenvalue weighted by Gasteiger charge is 2.35. The lowest BCUT2D eigenvalue weighted by atomic mass is 9.91. The molecule has 0 aromatic carbocycles. The Labute approximate surface area is 151 Å². The van der Waals surface area contributed by atoms with Gasteiger partial charge in [0.1, 0.15) is 5.60 Å². The van der Waals surface area contributed by atoms with Gasteiger partial charge in [-0.25, -0.2) is 0 Å². The molecule has 0 unspecified atom stereocenters. The van der Waals surface area contributed by atoms with Crippen molar-refractivity contribution in [1.82, 2.24) is 0 Å². The summed E-state index contributed by atoms with van der Waals surface area (Å²) >= 11 is 0. The van der Waals surface area contributed by atoms with Crippen molar-refractivity contribution in [3.8, 4) is 6.07 Å². The molecule has 1 aliphatic rings. The van der Waals surface area contributed by atoms with Gasteiger partial charge in [0.2, 0.25) is 0 Å². The third-order valence-electron chi connectivity index (χ3n) is 4.77. The summed E-state index contributed by atoms with van der Waals surface area (Å²) in [5, 5.41) is 9.87. The number of hydrogen-bond acceptors (Lipinski definition) is 2. The van der Waals surface area contributed by atoms with Crippen LogP contribution < -0.4 is 0 Å². The summed E-state index contributed by atoms with van der Waals surface area (Å²) in [7, 11) is -1.70. The highest BCUT2D eigenvalue weighted by Crippen LogP contribution is 2.30. The standard InChI is InChI=1S/C21H39NOSi/c1-24(2,3)23-21(20-22)18-16-14-12-10-8-6-4-5-7-9-11-13-15-17-19-21/h4-5H,6-19H2,1-3H3. The predicted octanol–water partition coefficient (Wildman–Crippen LogP) is 7.13. The van der Waals surface area contributed by atoms with Gasteiger partial charge in [-0.1, -0.05) is 50.7 Å². The Morgan fingerprint density at radius 2 is 1.17 bits per heavy atom. The molecular formula is C21H39NOSi. The molecule has 0 heterocycles. The second-order valence-electron chi connectivity index (χ2n) is 8.40. The zero-order valence-corrected chi connectivity index (χ0v) is 17.4. The zero-order chi connectivity index (χ0) is 17.7. The maximum absolute atomic E-state index is 9.87. The molecular weight excluding hydrogens is 310 g/mol. The van der Waals surface area contributed by atoms with Gasteiger partial charge in [0.25, 0.3) is 0 Å². The maximum atomic E-state index is 9.87. The molecule has 24 heavy (non-hydrogen) atoms. The van der Waals surface area contributed by atoms with E-state index in [2.05, 4.69) is 37.9 Å². The summed E-state index contributed by atoms with van der Waals surface area (Å²) in [6, 6.07) is 2.59. The van der Waals surface area contributed by atoms with Crippen molar-refractivity contribution in [2.75, 3.05) is 0 Å². The van der Waals surface area contributed by atoms with Crippen molar-refractivity contribution in [3.63, 3.8) is 0 Å². The first-order valence-corrected chi connectivity index (χ1v) is 13.6.